The summed E-state index contributed by atoms with van der Waals surface area (Å²) in [6.45, 7) is 4.45. The van der Waals surface area contributed by atoms with Crippen LogP contribution >= 0.6 is 11.6 Å². The molecular formula is C17H28ClN5O2. The summed E-state index contributed by atoms with van der Waals surface area (Å²) in [5.74, 6) is 0.113. The van der Waals surface area contributed by atoms with E-state index >= 15 is 0 Å². The van der Waals surface area contributed by atoms with Gasteiger partial charge in [-0.3, -0.25) is 14.4 Å². The summed E-state index contributed by atoms with van der Waals surface area (Å²) in [6, 6.07) is 0.631. The maximum atomic E-state index is 12.6. The van der Waals surface area contributed by atoms with Crippen LogP contribution < -0.4 is 11.1 Å². The molecular weight excluding hydrogens is 342 g/mol. The summed E-state index contributed by atoms with van der Waals surface area (Å²) in [4.78, 5) is 15.0. The zero-order valence-corrected chi connectivity index (χ0v) is 15.3. The smallest absolute Gasteiger partial charge is 0.224 e. The Morgan fingerprint density at radius 2 is 2.12 bits per heavy atom. The third-order valence-corrected chi connectivity index (χ3v) is 5.32. The molecule has 2 saturated heterocycles. The number of likely N-dealkylation sites (tertiary alicyclic amines) is 1. The van der Waals surface area contributed by atoms with E-state index in [-0.39, 0.29) is 17.9 Å². The minimum absolute atomic E-state index is 0.00222. The highest BCUT2D eigenvalue weighted by molar-refractivity contribution is 6.30. The van der Waals surface area contributed by atoms with Crippen molar-refractivity contribution in [3.05, 3.63) is 17.4 Å². The summed E-state index contributed by atoms with van der Waals surface area (Å²) >= 11 is 5.85. The van der Waals surface area contributed by atoms with Gasteiger partial charge in [0.1, 0.15) is 0 Å². The van der Waals surface area contributed by atoms with Crippen molar-refractivity contribution in [2.24, 2.45) is 11.7 Å². The zero-order valence-electron chi connectivity index (χ0n) is 14.6. The lowest BCUT2D eigenvalue weighted by atomic mass is 10.0. The second-order valence-electron chi connectivity index (χ2n) is 7.04. The first-order valence-electron chi connectivity index (χ1n) is 9.15. The monoisotopic (exact) mass is 369 g/mol. The standard InChI is InChI=1S/C17H28ClN5O2/c18-14-9-21-23(11-14)6-5-20-17(24)13-1-2-15(19)12-22(10-13)16-3-7-25-8-4-16/h9,11,13,15-16H,1-8,10,12,19H2,(H,20,24)/t13-,15+/m1/s1. The van der Waals surface area contributed by atoms with E-state index in [4.69, 9.17) is 22.1 Å². The van der Waals surface area contributed by atoms with E-state index in [1.54, 1.807) is 17.1 Å². The number of hydrogen-bond donors (Lipinski definition) is 2. The van der Waals surface area contributed by atoms with E-state index in [9.17, 15) is 4.79 Å². The number of aromatic nitrogens is 2. The van der Waals surface area contributed by atoms with Crippen LogP contribution in [0.4, 0.5) is 0 Å². The quantitative estimate of drug-likeness (QED) is 0.804. The van der Waals surface area contributed by atoms with Gasteiger partial charge in [0.15, 0.2) is 0 Å². The maximum absolute atomic E-state index is 12.6. The molecule has 0 radical (unpaired) electrons. The molecule has 140 valence electrons. The molecule has 0 aromatic carbocycles. The van der Waals surface area contributed by atoms with Crippen LogP contribution in [0.1, 0.15) is 25.7 Å². The first kappa shape index (κ1) is 18.6. The lowest BCUT2D eigenvalue weighted by Gasteiger charge is -2.35. The molecule has 3 rings (SSSR count). The summed E-state index contributed by atoms with van der Waals surface area (Å²) in [6.07, 6.45) is 7.15. The lowest BCUT2D eigenvalue weighted by Crippen LogP contribution is -2.47. The van der Waals surface area contributed by atoms with E-state index in [0.29, 0.717) is 24.2 Å². The molecule has 8 heteroatoms. The maximum Gasteiger partial charge on any atom is 0.224 e. The first-order valence-corrected chi connectivity index (χ1v) is 9.52. The number of nitrogens with zero attached hydrogens (tertiary/aromatic N) is 3. The molecule has 1 amide bonds. The highest BCUT2D eigenvalue weighted by atomic mass is 35.5. The topological polar surface area (TPSA) is 85.4 Å². The normalized spacial score (nSPS) is 26.3. The number of carbonyl (C=O) groups is 1. The summed E-state index contributed by atoms with van der Waals surface area (Å²) in [5.41, 5.74) is 6.24. The molecule has 3 N–H and O–H groups in total. The van der Waals surface area contributed by atoms with Crippen LogP contribution in [0.2, 0.25) is 5.02 Å². The van der Waals surface area contributed by atoms with Gasteiger partial charge in [0.25, 0.3) is 0 Å². The Bertz CT molecular complexity index is 561. The molecule has 1 aromatic heterocycles. The Labute approximate surface area is 153 Å². The largest absolute Gasteiger partial charge is 0.381 e. The van der Waals surface area contributed by atoms with Gasteiger partial charge in [0.05, 0.1) is 23.7 Å². The van der Waals surface area contributed by atoms with Crippen LogP contribution in [0.25, 0.3) is 0 Å². The van der Waals surface area contributed by atoms with Gasteiger partial charge in [-0.25, -0.2) is 0 Å². The Morgan fingerprint density at radius 3 is 2.84 bits per heavy atom. The highest BCUT2D eigenvalue weighted by Gasteiger charge is 2.31. The van der Waals surface area contributed by atoms with Crippen molar-refractivity contribution in [1.29, 1.82) is 0 Å². The molecule has 0 saturated carbocycles. The van der Waals surface area contributed by atoms with Crippen LogP contribution in [-0.2, 0) is 16.1 Å². The first-order chi connectivity index (χ1) is 12.1. The van der Waals surface area contributed by atoms with Gasteiger partial charge in [0, 0.05) is 51.1 Å². The second kappa shape index (κ2) is 8.98. The van der Waals surface area contributed by atoms with Crippen LogP contribution in [0.15, 0.2) is 12.4 Å². The van der Waals surface area contributed by atoms with Gasteiger partial charge in [-0.1, -0.05) is 11.6 Å². The third-order valence-electron chi connectivity index (χ3n) is 5.13. The highest BCUT2D eigenvalue weighted by Crippen LogP contribution is 2.22. The van der Waals surface area contributed by atoms with Gasteiger partial charge in [-0.05, 0) is 25.7 Å². The average Bonchev–Trinajstić information content (AvgIpc) is 2.92. The van der Waals surface area contributed by atoms with Crippen molar-refractivity contribution in [1.82, 2.24) is 20.0 Å². The number of hydrogen-bond acceptors (Lipinski definition) is 5. The van der Waals surface area contributed by atoms with E-state index in [1.807, 2.05) is 0 Å². The van der Waals surface area contributed by atoms with Crippen molar-refractivity contribution in [2.45, 2.75) is 44.3 Å². The Balaban J connectivity index is 1.51. The fraction of sp³-hybridized carbons (Fsp3) is 0.765. The third kappa shape index (κ3) is 5.41. The SMILES string of the molecule is N[C@H]1CC[C@@H](C(=O)NCCn2cc(Cl)cn2)CN(C2CCOCC2)C1. The molecule has 25 heavy (non-hydrogen) atoms. The van der Waals surface area contributed by atoms with Crippen molar-refractivity contribution in [3.63, 3.8) is 0 Å². The van der Waals surface area contributed by atoms with E-state index in [1.165, 1.54) is 0 Å². The number of nitrogens with one attached hydrogen (secondary N) is 1. The lowest BCUT2D eigenvalue weighted by molar-refractivity contribution is -0.126. The Morgan fingerprint density at radius 1 is 1.32 bits per heavy atom. The van der Waals surface area contributed by atoms with Crippen LogP contribution in [0.5, 0.6) is 0 Å². The van der Waals surface area contributed by atoms with Crippen molar-refractivity contribution >= 4 is 17.5 Å². The molecule has 0 spiro atoms. The molecule has 0 aliphatic carbocycles. The van der Waals surface area contributed by atoms with Crippen molar-refractivity contribution < 1.29 is 9.53 Å². The van der Waals surface area contributed by atoms with Gasteiger partial charge < -0.3 is 15.8 Å². The Hall–Kier alpha value is -1.15. The fourth-order valence-electron chi connectivity index (χ4n) is 3.72. The number of nitrogens with two attached hydrogens (primary N) is 1. The molecule has 0 bridgehead atoms. The fourth-order valence-corrected chi connectivity index (χ4v) is 3.87. The second-order valence-corrected chi connectivity index (χ2v) is 7.48. The predicted octanol–water partition coefficient (Wildman–Crippen LogP) is 0.871. The number of rotatable bonds is 5. The van der Waals surface area contributed by atoms with Gasteiger partial charge >= 0.3 is 0 Å². The van der Waals surface area contributed by atoms with Gasteiger partial charge in [-0.2, -0.15) is 5.10 Å². The number of amides is 1. The predicted molar refractivity (Wildman–Crippen MR) is 96.4 cm³/mol. The number of halogens is 1. The summed E-state index contributed by atoms with van der Waals surface area (Å²) < 4.78 is 7.20. The molecule has 3 heterocycles. The molecule has 2 fully saturated rings. The molecule has 2 aliphatic heterocycles. The number of carbonyl (C=O) groups excluding carboxylic acids is 1. The minimum atomic E-state index is -0.00222. The van der Waals surface area contributed by atoms with E-state index in [2.05, 4.69) is 15.3 Å². The van der Waals surface area contributed by atoms with Crippen LogP contribution in [-0.4, -0.2) is 65.5 Å². The Kier molecular flexibility index (Phi) is 6.70. The van der Waals surface area contributed by atoms with E-state index in [0.717, 1.165) is 52.0 Å². The molecule has 2 atom stereocenters. The molecule has 7 nitrogen and oxygen atoms in total. The molecule has 1 aromatic rings. The number of ether oxygens (including phenoxy) is 1. The van der Waals surface area contributed by atoms with Crippen molar-refractivity contribution in [3.8, 4) is 0 Å². The van der Waals surface area contributed by atoms with E-state index < -0.39 is 0 Å². The molecule has 0 unspecified atom stereocenters. The van der Waals surface area contributed by atoms with Crippen molar-refractivity contribution in [2.75, 3.05) is 32.8 Å². The average molecular weight is 370 g/mol. The summed E-state index contributed by atoms with van der Waals surface area (Å²) in [7, 11) is 0. The molecule has 2 aliphatic rings. The minimum Gasteiger partial charge on any atom is -0.381 e. The van der Waals surface area contributed by atoms with Gasteiger partial charge in [-0.15, -0.1) is 0 Å². The summed E-state index contributed by atoms with van der Waals surface area (Å²) in [5, 5.41) is 7.77. The van der Waals surface area contributed by atoms with Crippen LogP contribution in [0.3, 0.4) is 0 Å². The zero-order chi connectivity index (χ0) is 17.6. The van der Waals surface area contributed by atoms with Crippen LogP contribution in [0, 0.1) is 5.92 Å². The van der Waals surface area contributed by atoms with Gasteiger partial charge in [0.2, 0.25) is 5.91 Å².